The number of nitrogens with one attached hydrogen (secondary N) is 1. The van der Waals surface area contributed by atoms with Crippen LogP contribution in [0.4, 0.5) is 0 Å². The Bertz CT molecular complexity index is 1070. The summed E-state index contributed by atoms with van der Waals surface area (Å²) in [6, 6.07) is 17.7. The SMILES string of the molecule is COCCN(C[C@H]1CCCN(C2Cc3ccccc3C2)C1)C(=O)Cc1c[nH]c2ccccc12. The number of likely N-dealkylation sites (tertiary alicyclic amines) is 1. The minimum absolute atomic E-state index is 0.196. The lowest BCUT2D eigenvalue weighted by Crippen LogP contribution is -2.47. The molecule has 1 aromatic heterocycles. The quantitative estimate of drug-likeness (QED) is 0.569. The maximum Gasteiger partial charge on any atom is 0.227 e. The van der Waals surface area contributed by atoms with Crippen LogP contribution in [0, 0.1) is 5.92 Å². The number of piperidine rings is 1. The number of methoxy groups -OCH3 is 1. The first-order valence-electron chi connectivity index (χ1n) is 12.3. The van der Waals surface area contributed by atoms with Gasteiger partial charge in [-0.05, 0) is 60.9 Å². The zero-order valence-electron chi connectivity index (χ0n) is 19.6. The molecule has 174 valence electrons. The van der Waals surface area contributed by atoms with Gasteiger partial charge in [-0.25, -0.2) is 0 Å². The smallest absolute Gasteiger partial charge is 0.227 e. The summed E-state index contributed by atoms with van der Waals surface area (Å²) in [4.78, 5) is 21.4. The van der Waals surface area contributed by atoms with Gasteiger partial charge in [0, 0.05) is 49.9 Å². The maximum atomic E-state index is 13.4. The van der Waals surface area contributed by atoms with Crippen molar-refractivity contribution in [1.82, 2.24) is 14.8 Å². The number of hydrogen-bond donors (Lipinski definition) is 1. The van der Waals surface area contributed by atoms with Crippen LogP contribution in [-0.4, -0.2) is 66.6 Å². The van der Waals surface area contributed by atoms with Crippen molar-refractivity contribution in [3.63, 3.8) is 0 Å². The highest BCUT2D eigenvalue weighted by Gasteiger charge is 2.31. The van der Waals surface area contributed by atoms with Gasteiger partial charge < -0.3 is 14.6 Å². The van der Waals surface area contributed by atoms with Crippen LogP contribution in [0.3, 0.4) is 0 Å². The highest BCUT2D eigenvalue weighted by molar-refractivity contribution is 5.88. The lowest BCUT2D eigenvalue weighted by atomic mass is 9.95. The number of aromatic amines is 1. The molecule has 1 fully saturated rings. The molecule has 2 aliphatic rings. The topological polar surface area (TPSA) is 48.6 Å². The summed E-state index contributed by atoms with van der Waals surface area (Å²) in [6.45, 7) is 4.32. The second-order valence-electron chi connectivity index (χ2n) is 9.70. The van der Waals surface area contributed by atoms with E-state index in [1.807, 2.05) is 23.2 Å². The molecule has 0 radical (unpaired) electrons. The van der Waals surface area contributed by atoms with Crippen molar-refractivity contribution in [3.05, 3.63) is 71.4 Å². The van der Waals surface area contributed by atoms with Gasteiger partial charge in [0.2, 0.25) is 5.91 Å². The molecule has 2 heterocycles. The Morgan fingerprint density at radius 2 is 1.88 bits per heavy atom. The molecule has 1 amide bonds. The minimum Gasteiger partial charge on any atom is -0.383 e. The fraction of sp³-hybridized carbons (Fsp3) is 0.464. The molecule has 33 heavy (non-hydrogen) atoms. The summed E-state index contributed by atoms with van der Waals surface area (Å²) >= 11 is 0. The number of aromatic nitrogens is 1. The van der Waals surface area contributed by atoms with Crippen molar-refractivity contribution < 1.29 is 9.53 Å². The van der Waals surface area contributed by atoms with E-state index < -0.39 is 0 Å². The standard InChI is InChI=1S/C28H35N3O2/c1-33-14-13-31(28(32)17-24-18-29-27-11-5-4-10-26(24)27)20-21-7-6-12-30(19-21)25-15-22-8-2-3-9-23(22)16-25/h2-5,8-11,18,21,25,29H,6-7,12-17,19-20H2,1H3/t21-/m0/s1. The first-order chi connectivity index (χ1) is 16.2. The van der Waals surface area contributed by atoms with E-state index in [1.165, 1.54) is 30.5 Å². The van der Waals surface area contributed by atoms with Gasteiger partial charge in [-0.3, -0.25) is 9.69 Å². The molecule has 3 aromatic rings. The van der Waals surface area contributed by atoms with Gasteiger partial charge in [0.05, 0.1) is 13.0 Å². The fourth-order valence-electron chi connectivity index (χ4n) is 5.76. The number of amides is 1. The van der Waals surface area contributed by atoms with E-state index >= 15 is 0 Å². The average Bonchev–Trinajstić information content (AvgIpc) is 3.46. The molecular formula is C28H35N3O2. The Hall–Kier alpha value is -2.63. The lowest BCUT2D eigenvalue weighted by Gasteiger charge is -2.38. The van der Waals surface area contributed by atoms with Crippen molar-refractivity contribution in [1.29, 1.82) is 0 Å². The van der Waals surface area contributed by atoms with Crippen LogP contribution in [0.2, 0.25) is 0 Å². The maximum absolute atomic E-state index is 13.4. The molecule has 5 heteroatoms. The van der Waals surface area contributed by atoms with Crippen molar-refractivity contribution in [2.75, 3.05) is 39.9 Å². The molecule has 0 bridgehead atoms. The monoisotopic (exact) mass is 445 g/mol. The van der Waals surface area contributed by atoms with Gasteiger partial charge in [-0.15, -0.1) is 0 Å². The average molecular weight is 446 g/mol. The van der Waals surface area contributed by atoms with E-state index in [0.29, 0.717) is 31.5 Å². The molecule has 1 aliphatic carbocycles. The number of para-hydroxylation sites is 1. The fourth-order valence-corrected chi connectivity index (χ4v) is 5.76. The number of benzene rings is 2. The van der Waals surface area contributed by atoms with Gasteiger partial charge in [0.25, 0.3) is 0 Å². The van der Waals surface area contributed by atoms with Crippen LogP contribution in [-0.2, 0) is 28.8 Å². The second-order valence-corrected chi connectivity index (χ2v) is 9.70. The third-order valence-electron chi connectivity index (χ3n) is 7.51. The normalized spacial score (nSPS) is 19.1. The summed E-state index contributed by atoms with van der Waals surface area (Å²) in [5.74, 6) is 0.716. The summed E-state index contributed by atoms with van der Waals surface area (Å²) < 4.78 is 5.34. The number of H-pyrrole nitrogens is 1. The molecule has 0 spiro atoms. The first kappa shape index (κ1) is 22.2. The van der Waals surface area contributed by atoms with Gasteiger partial charge in [0.1, 0.15) is 0 Å². The molecule has 1 saturated heterocycles. The van der Waals surface area contributed by atoms with Crippen LogP contribution in [0.25, 0.3) is 10.9 Å². The van der Waals surface area contributed by atoms with Crippen LogP contribution < -0.4 is 0 Å². The molecule has 5 rings (SSSR count). The van der Waals surface area contributed by atoms with Gasteiger partial charge in [-0.1, -0.05) is 42.5 Å². The molecule has 1 N–H and O–H groups in total. The van der Waals surface area contributed by atoms with Gasteiger partial charge in [0.15, 0.2) is 0 Å². The number of nitrogens with zero attached hydrogens (tertiary/aromatic N) is 2. The third kappa shape index (κ3) is 4.99. The molecule has 1 atom stereocenters. The van der Waals surface area contributed by atoms with Gasteiger partial charge >= 0.3 is 0 Å². The van der Waals surface area contributed by atoms with Crippen LogP contribution in [0.5, 0.6) is 0 Å². The summed E-state index contributed by atoms with van der Waals surface area (Å²) in [5.41, 5.74) is 5.19. The van der Waals surface area contributed by atoms with Crippen LogP contribution >= 0.6 is 0 Å². The lowest BCUT2D eigenvalue weighted by molar-refractivity contribution is -0.132. The highest BCUT2D eigenvalue weighted by atomic mass is 16.5. The van der Waals surface area contributed by atoms with Crippen molar-refractivity contribution in [3.8, 4) is 0 Å². The zero-order chi connectivity index (χ0) is 22.6. The van der Waals surface area contributed by atoms with E-state index in [2.05, 4.69) is 46.3 Å². The molecule has 5 nitrogen and oxygen atoms in total. The summed E-state index contributed by atoms with van der Waals surface area (Å²) in [7, 11) is 1.71. The third-order valence-corrected chi connectivity index (χ3v) is 7.51. The van der Waals surface area contributed by atoms with E-state index in [9.17, 15) is 4.79 Å². The largest absolute Gasteiger partial charge is 0.383 e. The Balaban J connectivity index is 1.23. The molecule has 2 aromatic carbocycles. The zero-order valence-corrected chi connectivity index (χ0v) is 19.6. The molecule has 1 aliphatic heterocycles. The van der Waals surface area contributed by atoms with Crippen LogP contribution in [0.15, 0.2) is 54.7 Å². The van der Waals surface area contributed by atoms with Crippen molar-refractivity contribution >= 4 is 16.8 Å². The van der Waals surface area contributed by atoms with Gasteiger partial charge in [-0.2, -0.15) is 0 Å². The van der Waals surface area contributed by atoms with Crippen molar-refractivity contribution in [2.24, 2.45) is 5.92 Å². The number of ether oxygens (including phenoxy) is 1. The van der Waals surface area contributed by atoms with E-state index in [1.54, 1.807) is 7.11 Å². The van der Waals surface area contributed by atoms with E-state index in [-0.39, 0.29) is 5.91 Å². The minimum atomic E-state index is 0.196. The predicted molar refractivity (Wildman–Crippen MR) is 132 cm³/mol. The Morgan fingerprint density at radius 3 is 2.67 bits per heavy atom. The summed E-state index contributed by atoms with van der Waals surface area (Å²) in [5, 5.41) is 1.14. The van der Waals surface area contributed by atoms with Crippen molar-refractivity contribution in [2.45, 2.75) is 38.1 Å². The predicted octanol–water partition coefficient (Wildman–Crippen LogP) is 4.06. The first-order valence-corrected chi connectivity index (χ1v) is 12.3. The number of carbonyl (C=O) groups excluding carboxylic acids is 1. The molecule has 0 unspecified atom stereocenters. The number of carbonyl (C=O) groups is 1. The number of rotatable bonds is 8. The van der Waals surface area contributed by atoms with E-state index in [4.69, 9.17) is 4.74 Å². The Morgan fingerprint density at radius 1 is 1.12 bits per heavy atom. The van der Waals surface area contributed by atoms with Crippen LogP contribution in [0.1, 0.15) is 29.5 Å². The Kier molecular flexibility index (Phi) is 6.79. The number of fused-ring (bicyclic) bond motifs is 2. The molecular weight excluding hydrogens is 410 g/mol. The summed E-state index contributed by atoms with van der Waals surface area (Å²) in [6.07, 6.45) is 7.15. The molecule has 0 saturated carbocycles. The number of hydrogen-bond acceptors (Lipinski definition) is 3. The van der Waals surface area contributed by atoms with E-state index in [0.717, 1.165) is 42.4 Å². The highest BCUT2D eigenvalue weighted by Crippen LogP contribution is 2.29. The Labute approximate surface area is 196 Å². The second kappa shape index (κ2) is 10.1.